The van der Waals surface area contributed by atoms with Crippen molar-refractivity contribution in [2.75, 3.05) is 25.4 Å². The van der Waals surface area contributed by atoms with Gasteiger partial charge in [-0.2, -0.15) is 16.8 Å². The van der Waals surface area contributed by atoms with Crippen molar-refractivity contribution < 1.29 is 17.9 Å². The lowest BCUT2D eigenvalue weighted by molar-refractivity contribution is 0.0994. The number of methoxy groups -OCH3 is 1. The molecule has 148 valence electrons. The maximum Gasteiger partial charge on any atom is 0.280 e. The van der Waals surface area contributed by atoms with E-state index >= 15 is 0 Å². The first kappa shape index (κ1) is 20.6. The number of sulfone groups is 1. The van der Waals surface area contributed by atoms with Gasteiger partial charge in [-0.25, -0.2) is 8.42 Å². The summed E-state index contributed by atoms with van der Waals surface area (Å²) in [5.41, 5.74) is 1.04. The van der Waals surface area contributed by atoms with Crippen LogP contribution in [0.25, 0.3) is 10.2 Å². The van der Waals surface area contributed by atoms with Crippen molar-refractivity contribution >= 4 is 49.1 Å². The van der Waals surface area contributed by atoms with Crippen LogP contribution in [0.5, 0.6) is 5.75 Å². The van der Waals surface area contributed by atoms with E-state index in [2.05, 4.69) is 4.99 Å². The summed E-state index contributed by atoms with van der Waals surface area (Å²) in [5.74, 6) is 1.02. The molecule has 0 spiro atoms. The number of carbonyl (C=O) groups excluding carboxylic acids is 1. The molecule has 0 saturated heterocycles. The molecule has 3 aromatic rings. The molecule has 1 amide bonds. The molecule has 0 aliphatic heterocycles. The van der Waals surface area contributed by atoms with Crippen LogP contribution < -0.4 is 9.54 Å². The molecule has 1 aromatic heterocycles. The Morgan fingerprint density at radius 2 is 2.00 bits per heavy atom. The highest BCUT2D eigenvalue weighted by Gasteiger charge is 2.18. The Morgan fingerprint density at radius 1 is 1.25 bits per heavy atom. The molecule has 0 N–H and O–H groups in total. The highest BCUT2D eigenvalue weighted by molar-refractivity contribution is 7.98. The molecule has 0 bridgehead atoms. The summed E-state index contributed by atoms with van der Waals surface area (Å²) in [6, 6.07) is 11.9. The molecular weight excluding hydrogens is 416 g/mol. The van der Waals surface area contributed by atoms with E-state index in [1.54, 1.807) is 31.0 Å². The van der Waals surface area contributed by atoms with Crippen LogP contribution in [-0.2, 0) is 16.4 Å². The monoisotopic (exact) mass is 436 g/mol. The van der Waals surface area contributed by atoms with E-state index in [4.69, 9.17) is 4.74 Å². The van der Waals surface area contributed by atoms with Crippen LogP contribution >= 0.6 is 23.1 Å². The summed E-state index contributed by atoms with van der Waals surface area (Å²) in [6.45, 7) is 0.688. The van der Waals surface area contributed by atoms with Crippen molar-refractivity contribution in [3.05, 3.63) is 52.8 Å². The molecule has 3 rings (SSSR count). The van der Waals surface area contributed by atoms with Gasteiger partial charge in [0, 0.05) is 18.6 Å². The van der Waals surface area contributed by atoms with Crippen LogP contribution in [0.4, 0.5) is 0 Å². The molecular formula is C19H20N2O4S3. The number of thiazole rings is 1. The summed E-state index contributed by atoms with van der Waals surface area (Å²) in [4.78, 5) is 17.6. The molecule has 9 heteroatoms. The van der Waals surface area contributed by atoms with Gasteiger partial charge in [-0.1, -0.05) is 23.5 Å². The lowest BCUT2D eigenvalue weighted by Gasteiger charge is -2.05. The van der Waals surface area contributed by atoms with Crippen LogP contribution in [0.15, 0.2) is 52.4 Å². The topological polar surface area (TPSA) is 77.7 Å². The van der Waals surface area contributed by atoms with E-state index in [0.29, 0.717) is 11.3 Å². The number of fused-ring (bicyclic) bond motifs is 1. The van der Waals surface area contributed by atoms with Crippen molar-refractivity contribution in [1.29, 1.82) is 0 Å². The first-order valence-electron chi connectivity index (χ1n) is 8.39. The third kappa shape index (κ3) is 4.31. The number of benzene rings is 2. The molecule has 1 heterocycles. The minimum Gasteiger partial charge on any atom is -0.497 e. The van der Waals surface area contributed by atoms with Gasteiger partial charge in [0.05, 0.1) is 27.8 Å². The smallest absolute Gasteiger partial charge is 0.280 e. The van der Waals surface area contributed by atoms with Gasteiger partial charge in [-0.05, 0) is 36.6 Å². The number of hydrogen-bond acceptors (Lipinski definition) is 6. The first-order chi connectivity index (χ1) is 13.3. The Bertz CT molecular complexity index is 1190. The van der Waals surface area contributed by atoms with E-state index in [9.17, 15) is 13.2 Å². The average Bonchev–Trinajstić information content (AvgIpc) is 3.01. The van der Waals surface area contributed by atoms with Crippen LogP contribution in [0, 0.1) is 0 Å². The Hall–Kier alpha value is -2.10. The van der Waals surface area contributed by atoms with Crippen molar-refractivity contribution in [3.63, 3.8) is 0 Å². The molecule has 0 aliphatic rings. The van der Waals surface area contributed by atoms with Gasteiger partial charge in [-0.15, -0.1) is 0 Å². The third-order valence-corrected chi connectivity index (χ3v) is 6.91. The number of hydrogen-bond donors (Lipinski definition) is 0. The number of carbonyl (C=O) groups is 1. The van der Waals surface area contributed by atoms with Gasteiger partial charge < -0.3 is 9.30 Å². The van der Waals surface area contributed by atoms with E-state index in [0.717, 1.165) is 28.0 Å². The fraction of sp³-hybridized carbons (Fsp3) is 0.263. The fourth-order valence-corrected chi connectivity index (χ4v) is 5.11. The Labute approximate surface area is 171 Å². The number of thioether (sulfide) groups is 1. The maximum absolute atomic E-state index is 12.8. The van der Waals surface area contributed by atoms with E-state index in [1.807, 2.05) is 29.0 Å². The van der Waals surface area contributed by atoms with Crippen molar-refractivity contribution in [3.8, 4) is 5.75 Å². The normalized spacial score (nSPS) is 12.5. The molecule has 0 saturated carbocycles. The highest BCUT2D eigenvalue weighted by atomic mass is 32.2. The van der Waals surface area contributed by atoms with Crippen LogP contribution in [0.3, 0.4) is 0 Å². The van der Waals surface area contributed by atoms with Gasteiger partial charge in [0.15, 0.2) is 14.6 Å². The van der Waals surface area contributed by atoms with Gasteiger partial charge >= 0.3 is 0 Å². The third-order valence-electron chi connectivity index (χ3n) is 4.12. The number of aryl methyl sites for hydroxylation is 1. The van der Waals surface area contributed by atoms with Crippen molar-refractivity contribution in [1.82, 2.24) is 4.57 Å². The maximum atomic E-state index is 12.8. The molecule has 0 fully saturated rings. The second-order valence-electron chi connectivity index (χ2n) is 6.05. The molecule has 0 aliphatic carbocycles. The molecule has 0 unspecified atom stereocenters. The molecule has 28 heavy (non-hydrogen) atoms. The number of ether oxygens (including phenoxy) is 1. The minimum absolute atomic E-state index is 0.0119. The molecule has 0 radical (unpaired) electrons. The molecule has 2 aromatic carbocycles. The zero-order chi connectivity index (χ0) is 20.3. The Balaban J connectivity index is 2.17. The second-order valence-corrected chi connectivity index (χ2v) is 10.0. The van der Waals surface area contributed by atoms with E-state index in [-0.39, 0.29) is 10.5 Å². The predicted molar refractivity (Wildman–Crippen MR) is 114 cm³/mol. The Morgan fingerprint density at radius 3 is 2.68 bits per heavy atom. The summed E-state index contributed by atoms with van der Waals surface area (Å²) in [7, 11) is -1.93. The van der Waals surface area contributed by atoms with Gasteiger partial charge in [0.1, 0.15) is 5.75 Å². The average molecular weight is 437 g/mol. The lowest BCUT2D eigenvalue weighted by Crippen LogP contribution is -2.19. The minimum atomic E-state index is -3.53. The van der Waals surface area contributed by atoms with Crippen LogP contribution in [0.2, 0.25) is 0 Å². The SMILES string of the molecule is COc1ccc2c(c1)sc(=NC(=O)c1ccccc1S(C)(=O)=O)n2CCSC. The van der Waals surface area contributed by atoms with Crippen molar-refractivity contribution in [2.45, 2.75) is 11.4 Å². The highest BCUT2D eigenvalue weighted by Crippen LogP contribution is 2.24. The van der Waals surface area contributed by atoms with Crippen LogP contribution in [0.1, 0.15) is 10.4 Å². The second kappa shape index (κ2) is 8.50. The van der Waals surface area contributed by atoms with Gasteiger partial charge in [0.25, 0.3) is 5.91 Å². The first-order valence-corrected chi connectivity index (χ1v) is 12.5. The van der Waals surface area contributed by atoms with Gasteiger partial charge in [-0.3, -0.25) is 4.79 Å². The Kier molecular flexibility index (Phi) is 6.26. The number of aromatic nitrogens is 1. The van der Waals surface area contributed by atoms with Crippen molar-refractivity contribution in [2.24, 2.45) is 4.99 Å². The largest absolute Gasteiger partial charge is 0.497 e. The summed E-state index contributed by atoms with van der Waals surface area (Å²) >= 11 is 3.08. The van der Waals surface area contributed by atoms with E-state index in [1.165, 1.54) is 23.5 Å². The molecule has 0 atom stereocenters. The van der Waals surface area contributed by atoms with Gasteiger partial charge in [0.2, 0.25) is 0 Å². The fourth-order valence-electron chi connectivity index (χ4n) is 2.78. The number of rotatable bonds is 6. The van der Waals surface area contributed by atoms with Crippen LogP contribution in [-0.4, -0.2) is 44.3 Å². The number of nitrogens with zero attached hydrogens (tertiary/aromatic N) is 2. The predicted octanol–water partition coefficient (Wildman–Crippen LogP) is 3.22. The summed E-state index contributed by atoms with van der Waals surface area (Å²) in [6.07, 6.45) is 3.10. The summed E-state index contributed by atoms with van der Waals surface area (Å²) < 4.78 is 32.3. The standard InChI is InChI=1S/C19H20N2O4S3/c1-25-13-8-9-15-16(12-13)27-19(21(15)10-11-26-2)20-18(22)14-6-4-5-7-17(14)28(3,23)24/h4-9,12H,10-11H2,1-3H3. The number of amides is 1. The van der Waals surface area contributed by atoms with E-state index < -0.39 is 15.7 Å². The summed E-state index contributed by atoms with van der Waals surface area (Å²) in [5, 5.41) is 0. The zero-order valence-corrected chi connectivity index (χ0v) is 18.2. The zero-order valence-electron chi connectivity index (χ0n) is 15.7. The quantitative estimate of drug-likeness (QED) is 0.593. The molecule has 6 nitrogen and oxygen atoms in total. The lowest BCUT2D eigenvalue weighted by atomic mass is 10.2.